The molecule has 1 atom stereocenters. The topological polar surface area (TPSA) is 57.3 Å². The Morgan fingerprint density at radius 1 is 1.42 bits per heavy atom. The van der Waals surface area contributed by atoms with Crippen molar-refractivity contribution in [1.82, 2.24) is 15.2 Å². The normalized spacial score (nSPS) is 29.0. The molecular weight excluding hydrogens is 240 g/mol. The Hall–Kier alpha value is -1.62. The molecule has 5 nitrogen and oxygen atoms in total. The van der Waals surface area contributed by atoms with Gasteiger partial charge in [0.1, 0.15) is 5.82 Å². The molecule has 0 saturated carbocycles. The summed E-state index contributed by atoms with van der Waals surface area (Å²) in [4.78, 5) is 19.0. The Morgan fingerprint density at radius 2 is 2.21 bits per heavy atom. The fraction of sp³-hybridized carbons (Fsp3) is 0.571. The van der Waals surface area contributed by atoms with Crippen LogP contribution < -0.4 is 10.6 Å². The number of carbonyl (C=O) groups excluding carboxylic acids is 1. The highest BCUT2D eigenvalue weighted by atomic mass is 16.1. The van der Waals surface area contributed by atoms with Crippen molar-refractivity contribution in [3.05, 3.63) is 23.9 Å². The fourth-order valence-corrected chi connectivity index (χ4v) is 3.16. The molecule has 102 valence electrons. The second kappa shape index (κ2) is 5.17. The number of nitrogens with one attached hydrogen (secondary N) is 2. The molecule has 3 aliphatic heterocycles. The van der Waals surface area contributed by atoms with Crippen molar-refractivity contribution >= 4 is 11.7 Å². The first kappa shape index (κ1) is 12.4. The van der Waals surface area contributed by atoms with E-state index in [1.54, 1.807) is 19.3 Å². The number of aromatic nitrogens is 1. The van der Waals surface area contributed by atoms with Crippen molar-refractivity contribution in [1.29, 1.82) is 0 Å². The second-order valence-electron chi connectivity index (χ2n) is 5.37. The maximum atomic E-state index is 12.4. The average molecular weight is 260 g/mol. The molecule has 3 saturated heterocycles. The van der Waals surface area contributed by atoms with Gasteiger partial charge in [0, 0.05) is 25.8 Å². The molecule has 0 aromatic carbocycles. The van der Waals surface area contributed by atoms with Gasteiger partial charge in [-0.3, -0.25) is 4.79 Å². The third-order valence-electron chi connectivity index (χ3n) is 4.26. The van der Waals surface area contributed by atoms with E-state index in [0.29, 0.717) is 23.3 Å². The molecule has 1 unspecified atom stereocenters. The molecule has 5 heteroatoms. The van der Waals surface area contributed by atoms with Gasteiger partial charge in [-0.15, -0.1) is 0 Å². The summed E-state index contributed by atoms with van der Waals surface area (Å²) in [6.07, 6.45) is 4.10. The highest BCUT2D eigenvalue weighted by Gasteiger charge is 2.35. The maximum absolute atomic E-state index is 12.4. The molecule has 4 rings (SSSR count). The van der Waals surface area contributed by atoms with Crippen LogP contribution in [0.1, 0.15) is 23.2 Å². The molecule has 3 fully saturated rings. The van der Waals surface area contributed by atoms with Crippen LogP contribution in [0.3, 0.4) is 0 Å². The van der Waals surface area contributed by atoms with Crippen LogP contribution in [0.4, 0.5) is 5.82 Å². The van der Waals surface area contributed by atoms with Gasteiger partial charge in [-0.2, -0.15) is 0 Å². The second-order valence-corrected chi connectivity index (χ2v) is 5.37. The van der Waals surface area contributed by atoms with Crippen LogP contribution in [-0.2, 0) is 0 Å². The van der Waals surface area contributed by atoms with E-state index in [-0.39, 0.29) is 5.91 Å². The number of amides is 1. The number of anilines is 1. The zero-order chi connectivity index (χ0) is 13.2. The zero-order valence-electron chi connectivity index (χ0n) is 11.2. The first-order chi connectivity index (χ1) is 9.28. The lowest BCUT2D eigenvalue weighted by atomic mass is 9.84. The Kier molecular flexibility index (Phi) is 3.38. The Morgan fingerprint density at radius 3 is 2.84 bits per heavy atom. The maximum Gasteiger partial charge on any atom is 0.255 e. The summed E-state index contributed by atoms with van der Waals surface area (Å²) in [6, 6.07) is 3.90. The number of hydrogen-bond donors (Lipinski definition) is 2. The van der Waals surface area contributed by atoms with Crippen LogP contribution in [0.25, 0.3) is 0 Å². The van der Waals surface area contributed by atoms with E-state index in [2.05, 4.69) is 20.5 Å². The lowest BCUT2D eigenvalue weighted by Gasteiger charge is -2.44. The van der Waals surface area contributed by atoms with Crippen LogP contribution in [-0.4, -0.2) is 48.5 Å². The summed E-state index contributed by atoms with van der Waals surface area (Å²) < 4.78 is 0. The smallest absolute Gasteiger partial charge is 0.255 e. The summed E-state index contributed by atoms with van der Waals surface area (Å²) in [5.74, 6) is 1.26. The van der Waals surface area contributed by atoms with Crippen LogP contribution in [0.15, 0.2) is 18.3 Å². The van der Waals surface area contributed by atoms with Gasteiger partial charge in [0.15, 0.2) is 0 Å². The molecule has 2 bridgehead atoms. The monoisotopic (exact) mass is 260 g/mol. The summed E-state index contributed by atoms with van der Waals surface area (Å²) >= 11 is 0. The molecule has 0 aliphatic carbocycles. The van der Waals surface area contributed by atoms with Gasteiger partial charge in [0.25, 0.3) is 5.91 Å². The third-order valence-corrected chi connectivity index (χ3v) is 4.26. The van der Waals surface area contributed by atoms with Crippen molar-refractivity contribution in [3.8, 4) is 0 Å². The van der Waals surface area contributed by atoms with E-state index >= 15 is 0 Å². The van der Waals surface area contributed by atoms with Crippen LogP contribution in [0.5, 0.6) is 0 Å². The number of hydrogen-bond acceptors (Lipinski definition) is 4. The Labute approximate surface area is 113 Å². The highest BCUT2D eigenvalue weighted by Crippen LogP contribution is 2.27. The predicted molar refractivity (Wildman–Crippen MR) is 74.2 cm³/mol. The molecule has 1 aromatic rings. The van der Waals surface area contributed by atoms with E-state index in [0.717, 1.165) is 6.54 Å². The standard InChI is InChI=1S/C14H20N4O/c1-15-13-11(3-2-6-16-13)14(19)17-12-9-18-7-4-10(12)5-8-18/h2-3,6,10,12H,4-5,7-9H2,1H3,(H,15,16)(H,17,19). The lowest BCUT2D eigenvalue weighted by Crippen LogP contribution is -2.57. The van der Waals surface area contributed by atoms with E-state index in [9.17, 15) is 4.79 Å². The van der Waals surface area contributed by atoms with Gasteiger partial charge in [0.2, 0.25) is 0 Å². The molecule has 19 heavy (non-hydrogen) atoms. The van der Waals surface area contributed by atoms with Crippen LogP contribution in [0.2, 0.25) is 0 Å². The number of pyridine rings is 1. The van der Waals surface area contributed by atoms with Gasteiger partial charge in [-0.1, -0.05) is 0 Å². The Balaban J connectivity index is 1.71. The Bertz CT molecular complexity index is 468. The van der Waals surface area contributed by atoms with Crippen molar-refractivity contribution < 1.29 is 4.79 Å². The van der Waals surface area contributed by atoms with E-state index < -0.39 is 0 Å². The molecule has 0 spiro atoms. The lowest BCUT2D eigenvalue weighted by molar-refractivity contribution is 0.0621. The number of carbonyl (C=O) groups is 1. The largest absolute Gasteiger partial charge is 0.372 e. The minimum absolute atomic E-state index is 0.0174. The molecule has 0 radical (unpaired) electrons. The minimum atomic E-state index is -0.0174. The SMILES string of the molecule is CNc1ncccc1C(=O)NC1CN2CCC1CC2. The van der Waals surface area contributed by atoms with Crippen molar-refractivity contribution in [3.63, 3.8) is 0 Å². The molecular formula is C14H20N4O. The van der Waals surface area contributed by atoms with Crippen molar-refractivity contribution in [2.75, 3.05) is 32.0 Å². The first-order valence-corrected chi connectivity index (χ1v) is 6.94. The number of nitrogens with zero attached hydrogens (tertiary/aromatic N) is 2. The number of piperidine rings is 3. The van der Waals surface area contributed by atoms with E-state index in [1.165, 1.54) is 25.9 Å². The summed E-state index contributed by atoms with van der Waals surface area (Å²) in [5.41, 5.74) is 0.626. The average Bonchev–Trinajstić information content (AvgIpc) is 2.48. The first-order valence-electron chi connectivity index (χ1n) is 6.94. The fourth-order valence-electron chi connectivity index (χ4n) is 3.16. The molecule has 1 amide bonds. The van der Waals surface area contributed by atoms with Crippen LogP contribution in [0, 0.1) is 5.92 Å². The van der Waals surface area contributed by atoms with Crippen LogP contribution >= 0.6 is 0 Å². The number of fused-ring (bicyclic) bond motifs is 3. The van der Waals surface area contributed by atoms with E-state index in [4.69, 9.17) is 0 Å². The summed E-state index contributed by atoms with van der Waals surface area (Å²) in [7, 11) is 1.79. The van der Waals surface area contributed by atoms with E-state index in [1.807, 2.05) is 6.07 Å². The molecule has 2 N–H and O–H groups in total. The zero-order valence-corrected chi connectivity index (χ0v) is 11.2. The molecule has 1 aromatic heterocycles. The number of rotatable bonds is 3. The van der Waals surface area contributed by atoms with Gasteiger partial charge in [-0.25, -0.2) is 4.98 Å². The minimum Gasteiger partial charge on any atom is -0.372 e. The molecule has 3 aliphatic rings. The van der Waals surface area contributed by atoms with Crippen molar-refractivity contribution in [2.45, 2.75) is 18.9 Å². The van der Waals surface area contributed by atoms with Gasteiger partial charge in [0.05, 0.1) is 5.56 Å². The predicted octanol–water partition coefficient (Wildman–Crippen LogP) is 0.947. The van der Waals surface area contributed by atoms with Crippen molar-refractivity contribution in [2.24, 2.45) is 5.92 Å². The quantitative estimate of drug-likeness (QED) is 0.849. The summed E-state index contributed by atoms with van der Waals surface area (Å²) in [6.45, 7) is 3.36. The van der Waals surface area contributed by atoms with Gasteiger partial charge in [-0.05, 0) is 44.0 Å². The third kappa shape index (κ3) is 2.42. The highest BCUT2D eigenvalue weighted by molar-refractivity contribution is 5.98. The molecule has 4 heterocycles. The van der Waals surface area contributed by atoms with Gasteiger partial charge >= 0.3 is 0 Å². The summed E-state index contributed by atoms with van der Waals surface area (Å²) in [5, 5.41) is 6.15. The van der Waals surface area contributed by atoms with Gasteiger partial charge < -0.3 is 15.5 Å².